The Balaban J connectivity index is 1.41. The van der Waals surface area contributed by atoms with Crippen LogP contribution in [0.4, 0.5) is 0 Å². The van der Waals surface area contributed by atoms with Crippen LogP contribution < -0.4 is 5.32 Å². The maximum atomic E-state index is 12.6. The molecule has 1 N–H and O–H groups in total. The number of benzene rings is 2. The van der Waals surface area contributed by atoms with E-state index in [1.165, 1.54) is 0 Å². The third-order valence-electron chi connectivity index (χ3n) is 4.87. The van der Waals surface area contributed by atoms with Gasteiger partial charge in [0.1, 0.15) is 0 Å². The zero-order valence-corrected chi connectivity index (χ0v) is 16.5. The molecule has 146 valence electrons. The summed E-state index contributed by atoms with van der Waals surface area (Å²) in [6.45, 7) is 5.17. The van der Waals surface area contributed by atoms with E-state index in [0.29, 0.717) is 18.7 Å². The molecule has 0 aliphatic rings. The van der Waals surface area contributed by atoms with Crippen LogP contribution in [-0.2, 0) is 13.1 Å². The zero-order chi connectivity index (χ0) is 20.2. The van der Waals surface area contributed by atoms with E-state index < -0.39 is 0 Å². The average Bonchev–Trinajstić information content (AvgIpc) is 3.37. The van der Waals surface area contributed by atoms with E-state index in [0.717, 1.165) is 28.2 Å². The lowest BCUT2D eigenvalue weighted by Gasteiger charge is -2.11. The lowest BCUT2D eigenvalue weighted by molar-refractivity contribution is 0.0951. The molecular weight excluding hydrogens is 362 g/mol. The number of carbonyl (C=O) groups excluding carboxylic acids is 1. The molecule has 6 heteroatoms. The molecule has 2 aromatic heterocycles. The first kappa shape index (κ1) is 18.7. The van der Waals surface area contributed by atoms with Crippen molar-refractivity contribution in [2.75, 3.05) is 0 Å². The van der Waals surface area contributed by atoms with E-state index in [1.54, 1.807) is 12.5 Å². The number of nitrogens with one attached hydrogen (secondary N) is 1. The molecule has 4 aromatic rings. The highest BCUT2D eigenvalue weighted by Crippen LogP contribution is 2.14. The van der Waals surface area contributed by atoms with Crippen molar-refractivity contribution in [1.82, 2.24) is 24.6 Å². The van der Waals surface area contributed by atoms with E-state index >= 15 is 0 Å². The molecule has 2 heterocycles. The SMILES string of the molecule is Cc1cc(C)n(Cc2ccc(C(=O)NCc3ccccc3-n3ccnc3)cc2)n1. The first-order valence-electron chi connectivity index (χ1n) is 9.54. The third-order valence-corrected chi connectivity index (χ3v) is 4.87. The minimum absolute atomic E-state index is 0.0944. The third kappa shape index (κ3) is 4.27. The maximum absolute atomic E-state index is 12.6. The van der Waals surface area contributed by atoms with Crippen LogP contribution in [0.15, 0.2) is 73.3 Å². The molecule has 0 saturated carbocycles. The minimum atomic E-state index is -0.0944. The monoisotopic (exact) mass is 385 g/mol. The molecule has 0 radical (unpaired) electrons. The predicted octanol–water partition coefficient (Wildman–Crippen LogP) is 3.66. The summed E-state index contributed by atoms with van der Waals surface area (Å²) in [5, 5.41) is 7.50. The van der Waals surface area contributed by atoms with Gasteiger partial charge in [-0.3, -0.25) is 9.48 Å². The molecule has 0 spiro atoms. The maximum Gasteiger partial charge on any atom is 0.251 e. The fourth-order valence-corrected chi connectivity index (χ4v) is 3.36. The van der Waals surface area contributed by atoms with Gasteiger partial charge in [-0.2, -0.15) is 5.10 Å². The molecule has 4 rings (SSSR count). The van der Waals surface area contributed by atoms with E-state index in [-0.39, 0.29) is 5.91 Å². The Hall–Kier alpha value is -3.67. The van der Waals surface area contributed by atoms with E-state index in [4.69, 9.17) is 0 Å². The molecule has 0 atom stereocenters. The van der Waals surface area contributed by atoms with Crippen LogP contribution >= 0.6 is 0 Å². The van der Waals surface area contributed by atoms with Gasteiger partial charge in [-0.1, -0.05) is 30.3 Å². The molecule has 6 nitrogen and oxygen atoms in total. The van der Waals surface area contributed by atoms with Gasteiger partial charge in [0, 0.05) is 30.2 Å². The van der Waals surface area contributed by atoms with Crippen LogP contribution in [0.5, 0.6) is 0 Å². The molecular formula is C23H23N5O. The van der Waals surface area contributed by atoms with Crippen LogP contribution in [0.25, 0.3) is 5.69 Å². The highest BCUT2D eigenvalue weighted by Gasteiger charge is 2.09. The number of aryl methyl sites for hydroxylation is 2. The van der Waals surface area contributed by atoms with Gasteiger partial charge >= 0.3 is 0 Å². The number of nitrogens with zero attached hydrogens (tertiary/aromatic N) is 4. The van der Waals surface area contributed by atoms with Crippen molar-refractivity contribution < 1.29 is 4.79 Å². The molecule has 2 aromatic carbocycles. The van der Waals surface area contributed by atoms with Crippen LogP contribution in [0.3, 0.4) is 0 Å². The van der Waals surface area contributed by atoms with Crippen molar-refractivity contribution in [3.8, 4) is 5.69 Å². The smallest absolute Gasteiger partial charge is 0.251 e. The Labute approximate surface area is 169 Å². The lowest BCUT2D eigenvalue weighted by atomic mass is 10.1. The molecule has 29 heavy (non-hydrogen) atoms. The van der Waals surface area contributed by atoms with Gasteiger partial charge in [0.15, 0.2) is 0 Å². The summed E-state index contributed by atoms with van der Waals surface area (Å²) in [5.41, 5.74) is 5.92. The summed E-state index contributed by atoms with van der Waals surface area (Å²) in [6, 6.07) is 17.7. The summed E-state index contributed by atoms with van der Waals surface area (Å²) >= 11 is 0. The van der Waals surface area contributed by atoms with Gasteiger partial charge in [-0.05, 0) is 49.2 Å². The second-order valence-electron chi connectivity index (χ2n) is 7.06. The van der Waals surface area contributed by atoms with E-state index in [1.807, 2.05) is 77.8 Å². The number of hydrogen-bond acceptors (Lipinski definition) is 3. The first-order chi connectivity index (χ1) is 14.1. The van der Waals surface area contributed by atoms with Gasteiger partial charge in [0.05, 0.1) is 24.3 Å². The molecule has 0 aliphatic heterocycles. The second kappa shape index (κ2) is 8.14. The number of hydrogen-bond donors (Lipinski definition) is 1. The first-order valence-corrected chi connectivity index (χ1v) is 9.54. The number of para-hydroxylation sites is 1. The summed E-state index contributed by atoms with van der Waals surface area (Å²) in [4.78, 5) is 16.7. The molecule has 0 bridgehead atoms. The average molecular weight is 385 g/mol. The fraction of sp³-hybridized carbons (Fsp3) is 0.174. The van der Waals surface area contributed by atoms with Gasteiger partial charge in [-0.25, -0.2) is 4.98 Å². The van der Waals surface area contributed by atoms with Gasteiger partial charge in [0.2, 0.25) is 0 Å². The quantitative estimate of drug-likeness (QED) is 0.551. The normalized spacial score (nSPS) is 10.8. The molecule has 0 saturated heterocycles. The van der Waals surface area contributed by atoms with Crippen molar-refractivity contribution in [2.24, 2.45) is 0 Å². The minimum Gasteiger partial charge on any atom is -0.348 e. The highest BCUT2D eigenvalue weighted by molar-refractivity contribution is 5.94. The van der Waals surface area contributed by atoms with Crippen molar-refractivity contribution in [1.29, 1.82) is 0 Å². The van der Waals surface area contributed by atoms with Gasteiger partial charge in [0.25, 0.3) is 5.91 Å². The Morgan fingerprint density at radius 1 is 1.07 bits per heavy atom. The second-order valence-corrected chi connectivity index (χ2v) is 7.06. The number of imidazole rings is 1. The van der Waals surface area contributed by atoms with Gasteiger partial charge in [-0.15, -0.1) is 0 Å². The van der Waals surface area contributed by atoms with Gasteiger partial charge < -0.3 is 9.88 Å². The Morgan fingerprint density at radius 3 is 2.55 bits per heavy atom. The summed E-state index contributed by atoms with van der Waals surface area (Å²) in [7, 11) is 0. The standard InChI is InChI=1S/C23H23N5O/c1-17-13-18(2)28(26-17)15-19-7-9-20(10-8-19)23(29)25-14-21-5-3-4-6-22(21)27-12-11-24-16-27/h3-13,16H,14-15H2,1-2H3,(H,25,29). The van der Waals surface area contributed by atoms with Crippen molar-refractivity contribution in [3.05, 3.63) is 101 Å². The number of carbonyl (C=O) groups is 1. The molecule has 0 aliphatic carbocycles. The number of aromatic nitrogens is 4. The number of rotatable bonds is 6. The summed E-state index contributed by atoms with van der Waals surface area (Å²) in [6.07, 6.45) is 5.38. The zero-order valence-electron chi connectivity index (χ0n) is 16.5. The Kier molecular flexibility index (Phi) is 5.24. The lowest BCUT2D eigenvalue weighted by Crippen LogP contribution is -2.23. The van der Waals surface area contributed by atoms with E-state index in [9.17, 15) is 4.79 Å². The molecule has 0 fully saturated rings. The predicted molar refractivity (Wildman–Crippen MR) is 112 cm³/mol. The topological polar surface area (TPSA) is 64.7 Å². The van der Waals surface area contributed by atoms with Crippen molar-refractivity contribution in [2.45, 2.75) is 26.9 Å². The Morgan fingerprint density at radius 2 is 1.86 bits per heavy atom. The Bertz CT molecular complexity index is 1110. The molecule has 1 amide bonds. The highest BCUT2D eigenvalue weighted by atomic mass is 16.1. The molecule has 0 unspecified atom stereocenters. The number of amides is 1. The van der Waals surface area contributed by atoms with Crippen LogP contribution in [0.1, 0.15) is 32.9 Å². The summed E-state index contributed by atoms with van der Waals surface area (Å²) < 4.78 is 3.91. The van der Waals surface area contributed by atoms with Crippen LogP contribution in [-0.4, -0.2) is 25.2 Å². The van der Waals surface area contributed by atoms with Crippen molar-refractivity contribution in [3.63, 3.8) is 0 Å². The van der Waals surface area contributed by atoms with Crippen LogP contribution in [0, 0.1) is 13.8 Å². The van der Waals surface area contributed by atoms with Crippen molar-refractivity contribution >= 4 is 5.91 Å². The summed E-state index contributed by atoms with van der Waals surface area (Å²) in [5.74, 6) is -0.0944. The van der Waals surface area contributed by atoms with E-state index in [2.05, 4.69) is 21.5 Å². The largest absolute Gasteiger partial charge is 0.348 e. The fourth-order valence-electron chi connectivity index (χ4n) is 3.36. The van der Waals surface area contributed by atoms with Crippen LogP contribution in [0.2, 0.25) is 0 Å².